The molecule has 0 saturated heterocycles. The van der Waals surface area contributed by atoms with Gasteiger partial charge in [-0.3, -0.25) is 14.9 Å². The van der Waals surface area contributed by atoms with Crippen LogP contribution in [0.2, 0.25) is 0 Å². The number of methoxy groups -OCH3 is 1. The predicted molar refractivity (Wildman–Crippen MR) is 136 cm³/mol. The van der Waals surface area contributed by atoms with Gasteiger partial charge in [0.1, 0.15) is 33.9 Å². The molecule has 0 bridgehead atoms. The zero-order chi connectivity index (χ0) is 26.5. The lowest BCUT2D eigenvalue weighted by Gasteiger charge is -2.12. The van der Waals surface area contributed by atoms with E-state index in [-0.39, 0.29) is 29.4 Å². The van der Waals surface area contributed by atoms with Gasteiger partial charge in [-0.2, -0.15) is 5.26 Å². The van der Waals surface area contributed by atoms with Crippen molar-refractivity contribution in [2.75, 3.05) is 19.0 Å². The number of carbonyl (C=O) groups excluding carboxylic acids is 2. The van der Waals surface area contributed by atoms with Gasteiger partial charge in [-0.15, -0.1) is 11.3 Å². The number of fused-ring (bicyclic) bond motifs is 1. The van der Waals surface area contributed by atoms with Crippen LogP contribution in [0.25, 0.3) is 17.4 Å². The van der Waals surface area contributed by atoms with Gasteiger partial charge < -0.3 is 19.2 Å². The molecule has 0 unspecified atom stereocenters. The molecule has 1 aliphatic rings. The largest absolute Gasteiger partial charge is 0.496 e. The number of nitro benzene ring substituents is 1. The first kappa shape index (κ1) is 25.7. The van der Waals surface area contributed by atoms with Crippen molar-refractivity contribution in [2.45, 2.75) is 32.6 Å². The molecule has 0 saturated carbocycles. The lowest BCUT2D eigenvalue weighted by molar-refractivity contribution is -0.384. The molecule has 0 spiro atoms. The van der Waals surface area contributed by atoms with Gasteiger partial charge in [0.15, 0.2) is 0 Å². The SMILES string of the molecule is CCOC(=O)c1c(NC(=O)/C(C#N)=C/c2ccc(-c3cc([N+](=O)[O-])ccc3OC)o2)sc2c1CCCC2. The Hall–Kier alpha value is -4.43. The lowest BCUT2D eigenvalue weighted by atomic mass is 9.95. The highest BCUT2D eigenvalue weighted by Gasteiger charge is 2.28. The molecule has 37 heavy (non-hydrogen) atoms. The van der Waals surface area contributed by atoms with Crippen LogP contribution in [-0.4, -0.2) is 30.5 Å². The number of benzene rings is 1. The molecule has 2 aromatic heterocycles. The zero-order valence-electron chi connectivity index (χ0n) is 20.2. The van der Waals surface area contributed by atoms with E-state index < -0.39 is 16.8 Å². The molecule has 0 radical (unpaired) electrons. The minimum Gasteiger partial charge on any atom is -0.496 e. The molecule has 0 atom stereocenters. The number of nitro groups is 1. The first-order valence-corrected chi connectivity index (χ1v) is 12.3. The molecule has 1 amide bonds. The number of nitrogens with one attached hydrogen (secondary N) is 1. The Morgan fingerprint density at radius 2 is 2.05 bits per heavy atom. The van der Waals surface area contributed by atoms with Crippen molar-refractivity contribution in [3.8, 4) is 23.1 Å². The molecular weight excluding hydrogens is 498 g/mol. The number of amides is 1. The Labute approximate surface area is 216 Å². The molecule has 190 valence electrons. The number of non-ortho nitro benzene ring substituents is 1. The number of ether oxygens (including phenoxy) is 2. The van der Waals surface area contributed by atoms with E-state index in [0.29, 0.717) is 21.9 Å². The molecular formula is C26H23N3O7S. The fourth-order valence-corrected chi connectivity index (χ4v) is 5.38. The summed E-state index contributed by atoms with van der Waals surface area (Å²) < 4.78 is 16.3. The van der Waals surface area contributed by atoms with E-state index in [1.165, 1.54) is 48.8 Å². The summed E-state index contributed by atoms with van der Waals surface area (Å²) in [6.07, 6.45) is 4.76. The maximum Gasteiger partial charge on any atom is 0.341 e. The van der Waals surface area contributed by atoms with Gasteiger partial charge in [-0.1, -0.05) is 0 Å². The van der Waals surface area contributed by atoms with Crippen LogP contribution in [0.1, 0.15) is 46.3 Å². The summed E-state index contributed by atoms with van der Waals surface area (Å²) in [6.45, 7) is 1.92. The highest BCUT2D eigenvalue weighted by atomic mass is 32.1. The predicted octanol–water partition coefficient (Wildman–Crippen LogP) is 5.53. The van der Waals surface area contributed by atoms with Crippen molar-refractivity contribution >= 4 is 40.0 Å². The molecule has 2 heterocycles. The van der Waals surface area contributed by atoms with Crippen molar-refractivity contribution in [1.29, 1.82) is 5.26 Å². The molecule has 1 aromatic carbocycles. The van der Waals surface area contributed by atoms with Crippen molar-refractivity contribution < 1.29 is 28.4 Å². The third-order valence-corrected chi connectivity index (χ3v) is 7.02. The molecule has 0 fully saturated rings. The van der Waals surface area contributed by atoms with Gasteiger partial charge >= 0.3 is 5.97 Å². The molecule has 0 aliphatic heterocycles. The normalized spacial score (nSPS) is 12.8. The highest BCUT2D eigenvalue weighted by Crippen LogP contribution is 2.39. The molecule has 1 N–H and O–H groups in total. The van der Waals surface area contributed by atoms with Crippen molar-refractivity contribution in [2.24, 2.45) is 0 Å². The van der Waals surface area contributed by atoms with E-state index in [9.17, 15) is 25.0 Å². The second-order valence-corrected chi connectivity index (χ2v) is 9.21. The van der Waals surface area contributed by atoms with Gasteiger partial charge in [0.05, 0.1) is 29.8 Å². The molecule has 3 aromatic rings. The van der Waals surface area contributed by atoms with E-state index in [0.717, 1.165) is 36.1 Å². The Balaban J connectivity index is 1.62. The number of aryl methyl sites for hydroxylation is 1. The minimum absolute atomic E-state index is 0.141. The Kier molecular flexibility index (Phi) is 7.69. The summed E-state index contributed by atoms with van der Waals surface area (Å²) in [5, 5.41) is 23.9. The molecule has 11 heteroatoms. The summed E-state index contributed by atoms with van der Waals surface area (Å²) in [7, 11) is 1.43. The maximum atomic E-state index is 13.0. The third kappa shape index (κ3) is 5.39. The van der Waals surface area contributed by atoms with Crippen molar-refractivity contribution in [3.63, 3.8) is 0 Å². The maximum absolute atomic E-state index is 13.0. The first-order chi connectivity index (χ1) is 17.9. The molecule has 10 nitrogen and oxygen atoms in total. The number of furan rings is 1. The van der Waals surface area contributed by atoms with Crippen LogP contribution in [0.15, 0.2) is 40.3 Å². The Morgan fingerprint density at radius 3 is 2.76 bits per heavy atom. The van der Waals surface area contributed by atoms with Gasteiger partial charge in [0.2, 0.25) is 0 Å². The number of nitriles is 1. The fraction of sp³-hybridized carbons (Fsp3) is 0.269. The standard InChI is InChI=1S/C26H23N3O7S/c1-3-35-26(31)23-18-6-4-5-7-22(18)37-25(23)28-24(30)15(14-27)12-17-9-11-21(36-17)19-13-16(29(32)33)8-10-20(19)34-2/h8-13H,3-7H2,1-2H3,(H,28,30)/b15-12+. The summed E-state index contributed by atoms with van der Waals surface area (Å²) >= 11 is 1.33. The number of rotatable bonds is 8. The van der Waals surface area contributed by atoms with Gasteiger partial charge in [-0.05, 0) is 56.4 Å². The number of thiophene rings is 1. The van der Waals surface area contributed by atoms with Crippen LogP contribution in [0.3, 0.4) is 0 Å². The molecule has 4 rings (SSSR count). The average Bonchev–Trinajstić information content (AvgIpc) is 3.51. The topological polar surface area (TPSA) is 145 Å². The number of carbonyl (C=O) groups is 2. The second kappa shape index (κ2) is 11.1. The van der Waals surface area contributed by atoms with E-state index in [2.05, 4.69) is 5.32 Å². The van der Waals surface area contributed by atoms with Crippen LogP contribution in [0.5, 0.6) is 5.75 Å². The summed E-state index contributed by atoms with van der Waals surface area (Å²) in [5.41, 5.74) is 1.22. The number of esters is 1. The Morgan fingerprint density at radius 1 is 1.27 bits per heavy atom. The number of hydrogen-bond donors (Lipinski definition) is 1. The van der Waals surface area contributed by atoms with Crippen LogP contribution in [0, 0.1) is 21.4 Å². The number of anilines is 1. The summed E-state index contributed by atoms with van der Waals surface area (Å²) in [5.74, 6) is -0.382. The van der Waals surface area contributed by atoms with E-state index >= 15 is 0 Å². The quantitative estimate of drug-likeness (QED) is 0.134. The van der Waals surface area contributed by atoms with Crippen LogP contribution in [-0.2, 0) is 22.4 Å². The summed E-state index contributed by atoms with van der Waals surface area (Å²) in [4.78, 5) is 37.3. The monoisotopic (exact) mass is 521 g/mol. The van der Waals surface area contributed by atoms with E-state index in [1.54, 1.807) is 13.0 Å². The van der Waals surface area contributed by atoms with E-state index in [4.69, 9.17) is 13.9 Å². The van der Waals surface area contributed by atoms with Crippen LogP contribution < -0.4 is 10.1 Å². The lowest BCUT2D eigenvalue weighted by Crippen LogP contribution is -2.16. The third-order valence-electron chi connectivity index (χ3n) is 5.82. The van der Waals surface area contributed by atoms with Crippen molar-refractivity contribution in [1.82, 2.24) is 0 Å². The second-order valence-electron chi connectivity index (χ2n) is 8.10. The number of hydrogen-bond acceptors (Lipinski definition) is 9. The Bertz CT molecular complexity index is 1440. The number of nitrogens with zero attached hydrogens (tertiary/aromatic N) is 2. The summed E-state index contributed by atoms with van der Waals surface area (Å²) in [6, 6.07) is 9.06. The smallest absolute Gasteiger partial charge is 0.341 e. The average molecular weight is 522 g/mol. The first-order valence-electron chi connectivity index (χ1n) is 11.5. The highest BCUT2D eigenvalue weighted by molar-refractivity contribution is 7.17. The van der Waals surface area contributed by atoms with Gasteiger partial charge in [-0.25, -0.2) is 4.79 Å². The van der Waals surface area contributed by atoms with Crippen LogP contribution >= 0.6 is 11.3 Å². The fourth-order valence-electron chi connectivity index (χ4n) is 4.11. The van der Waals surface area contributed by atoms with Crippen LogP contribution in [0.4, 0.5) is 10.7 Å². The van der Waals surface area contributed by atoms with Gasteiger partial charge in [0, 0.05) is 23.1 Å². The zero-order valence-corrected chi connectivity index (χ0v) is 21.0. The molecule has 1 aliphatic carbocycles. The van der Waals surface area contributed by atoms with Crippen molar-refractivity contribution in [3.05, 3.63) is 67.8 Å². The van der Waals surface area contributed by atoms with Gasteiger partial charge in [0.25, 0.3) is 11.6 Å². The van der Waals surface area contributed by atoms with E-state index in [1.807, 2.05) is 6.07 Å². The minimum atomic E-state index is -0.697.